The molecule has 3 unspecified atom stereocenters. The van der Waals surface area contributed by atoms with E-state index in [1.807, 2.05) is 25.1 Å². The van der Waals surface area contributed by atoms with Gasteiger partial charge in [0.25, 0.3) is 5.91 Å². The highest BCUT2D eigenvalue weighted by Crippen LogP contribution is 2.32. The third-order valence-corrected chi connectivity index (χ3v) is 5.27. The van der Waals surface area contributed by atoms with E-state index in [1.54, 1.807) is 11.9 Å². The molecule has 24 heavy (non-hydrogen) atoms. The summed E-state index contributed by atoms with van der Waals surface area (Å²) >= 11 is 0. The van der Waals surface area contributed by atoms with Crippen LogP contribution in [0.3, 0.4) is 0 Å². The molecule has 3 atom stereocenters. The molecule has 3 aliphatic heterocycles. The quantitative estimate of drug-likeness (QED) is 0.865. The van der Waals surface area contributed by atoms with Crippen molar-refractivity contribution < 1.29 is 9.59 Å². The molecule has 3 fully saturated rings. The van der Waals surface area contributed by atoms with Crippen molar-refractivity contribution in [3.8, 4) is 0 Å². The fourth-order valence-corrected chi connectivity index (χ4v) is 4.09. The van der Waals surface area contributed by atoms with E-state index in [1.165, 1.54) is 4.90 Å². The van der Waals surface area contributed by atoms with Gasteiger partial charge in [-0.2, -0.15) is 0 Å². The van der Waals surface area contributed by atoms with E-state index < -0.39 is 0 Å². The molecule has 0 radical (unpaired) electrons. The number of fused-ring (bicyclic) bond motifs is 3. The summed E-state index contributed by atoms with van der Waals surface area (Å²) in [5, 5.41) is 3.51. The van der Waals surface area contributed by atoms with E-state index in [2.05, 4.69) is 27.2 Å². The number of likely N-dealkylation sites (N-methyl/N-ethyl adjacent to an activating group) is 2. The molecule has 0 bridgehead atoms. The molecule has 7 heteroatoms. The van der Waals surface area contributed by atoms with Crippen LogP contribution in [0.1, 0.15) is 13.3 Å². The van der Waals surface area contributed by atoms with E-state index in [-0.39, 0.29) is 30.4 Å². The Morgan fingerprint density at radius 1 is 1.17 bits per heavy atom. The second-order valence-electron chi connectivity index (χ2n) is 6.53. The number of amides is 3. The molecule has 1 aromatic rings. The molecular weight excluding hydrogens is 306 g/mol. The number of benzene rings is 1. The molecule has 0 spiro atoms. The van der Waals surface area contributed by atoms with Crippen LogP contribution >= 0.6 is 0 Å². The zero-order valence-electron chi connectivity index (χ0n) is 14.1. The van der Waals surface area contributed by atoms with Gasteiger partial charge in [-0.3, -0.25) is 19.9 Å². The molecule has 0 aliphatic carbocycles. The van der Waals surface area contributed by atoms with Crippen LogP contribution in [0.4, 0.5) is 10.5 Å². The fraction of sp³-hybridized carbons (Fsp3) is 0.529. The minimum absolute atomic E-state index is 0.0628. The van der Waals surface area contributed by atoms with Crippen LogP contribution in [-0.4, -0.2) is 71.8 Å². The minimum Gasteiger partial charge on any atom is -0.343 e. The maximum atomic E-state index is 12.9. The molecule has 3 saturated heterocycles. The number of imide groups is 1. The van der Waals surface area contributed by atoms with Crippen molar-refractivity contribution in [1.29, 1.82) is 0 Å². The van der Waals surface area contributed by atoms with Crippen molar-refractivity contribution in [3.05, 3.63) is 30.3 Å². The number of carbonyl (C=O) groups excluding carboxylic acids is 2. The van der Waals surface area contributed by atoms with Crippen molar-refractivity contribution in [2.24, 2.45) is 0 Å². The second-order valence-corrected chi connectivity index (χ2v) is 6.53. The normalized spacial score (nSPS) is 30.6. The number of nitrogens with zero attached hydrogens (tertiary/aromatic N) is 4. The molecule has 4 rings (SSSR count). The Hall–Kier alpha value is -2.12. The Bertz CT molecular complexity index is 652. The Balaban J connectivity index is 1.67. The topological polar surface area (TPSA) is 59.1 Å². The van der Waals surface area contributed by atoms with Crippen LogP contribution in [0.2, 0.25) is 0 Å². The molecule has 7 nitrogen and oxygen atoms in total. The van der Waals surface area contributed by atoms with Crippen molar-refractivity contribution in [1.82, 2.24) is 20.0 Å². The zero-order chi connectivity index (χ0) is 16.8. The van der Waals surface area contributed by atoms with Gasteiger partial charge in [0, 0.05) is 32.4 Å². The van der Waals surface area contributed by atoms with Crippen molar-refractivity contribution in [3.63, 3.8) is 0 Å². The maximum absolute atomic E-state index is 12.9. The summed E-state index contributed by atoms with van der Waals surface area (Å²) < 4.78 is 0. The summed E-state index contributed by atoms with van der Waals surface area (Å²) in [6.07, 6.45) is 0.655. The molecular formula is C17H23N5O2. The van der Waals surface area contributed by atoms with Crippen LogP contribution in [0.25, 0.3) is 0 Å². The average Bonchev–Trinajstić information content (AvgIpc) is 3.01. The number of anilines is 1. The lowest BCUT2D eigenvalue weighted by atomic mass is 10.1. The molecule has 1 aromatic carbocycles. The summed E-state index contributed by atoms with van der Waals surface area (Å²) in [7, 11) is 1.77. The molecule has 3 aliphatic rings. The van der Waals surface area contributed by atoms with Gasteiger partial charge in [0.15, 0.2) is 0 Å². The van der Waals surface area contributed by atoms with E-state index in [0.717, 1.165) is 25.2 Å². The molecule has 0 saturated carbocycles. The van der Waals surface area contributed by atoms with Gasteiger partial charge in [-0.05, 0) is 25.5 Å². The van der Waals surface area contributed by atoms with Gasteiger partial charge in [0.05, 0.1) is 0 Å². The highest BCUT2D eigenvalue weighted by molar-refractivity contribution is 6.00. The first-order valence-electron chi connectivity index (χ1n) is 8.55. The zero-order valence-corrected chi connectivity index (χ0v) is 14.1. The first-order chi connectivity index (χ1) is 11.6. The van der Waals surface area contributed by atoms with Crippen LogP contribution in [-0.2, 0) is 4.79 Å². The van der Waals surface area contributed by atoms with E-state index in [0.29, 0.717) is 6.54 Å². The molecule has 3 heterocycles. The Labute approximate surface area is 141 Å². The van der Waals surface area contributed by atoms with E-state index in [9.17, 15) is 9.59 Å². The summed E-state index contributed by atoms with van der Waals surface area (Å²) in [5.41, 5.74) is 1.13. The number of para-hydroxylation sites is 1. The molecule has 1 N–H and O–H groups in total. The first-order valence-corrected chi connectivity index (χ1v) is 8.55. The predicted molar refractivity (Wildman–Crippen MR) is 90.2 cm³/mol. The first kappa shape index (κ1) is 15.4. The molecule has 128 valence electrons. The summed E-state index contributed by atoms with van der Waals surface area (Å²) in [4.78, 5) is 32.8. The Morgan fingerprint density at radius 2 is 1.92 bits per heavy atom. The van der Waals surface area contributed by atoms with Crippen LogP contribution in [0.15, 0.2) is 30.3 Å². The lowest BCUT2D eigenvalue weighted by Crippen LogP contribution is -2.66. The van der Waals surface area contributed by atoms with Gasteiger partial charge in [-0.1, -0.05) is 18.2 Å². The van der Waals surface area contributed by atoms with Gasteiger partial charge in [0.2, 0.25) is 0 Å². The second kappa shape index (κ2) is 5.75. The molecule has 3 amide bonds. The number of nitrogens with one attached hydrogen (secondary N) is 1. The summed E-state index contributed by atoms with van der Waals surface area (Å²) in [5.74, 6) is -0.0875. The SMILES string of the molecule is CCN1C(=O)C2C(NC3N(c4ccccc4)CCCN23)N(C)C1=O. The lowest BCUT2D eigenvalue weighted by molar-refractivity contribution is -0.138. The number of rotatable bonds is 2. The van der Waals surface area contributed by atoms with Gasteiger partial charge < -0.3 is 9.80 Å². The number of urea groups is 1. The number of hydrogen-bond donors (Lipinski definition) is 1. The van der Waals surface area contributed by atoms with Crippen molar-refractivity contribution >= 4 is 17.6 Å². The van der Waals surface area contributed by atoms with Gasteiger partial charge in [-0.25, -0.2) is 4.79 Å². The van der Waals surface area contributed by atoms with Crippen LogP contribution in [0.5, 0.6) is 0 Å². The third-order valence-electron chi connectivity index (χ3n) is 5.27. The maximum Gasteiger partial charge on any atom is 0.327 e. The monoisotopic (exact) mass is 329 g/mol. The Kier molecular flexibility index (Phi) is 3.69. The van der Waals surface area contributed by atoms with Crippen molar-refractivity contribution in [2.75, 3.05) is 31.6 Å². The van der Waals surface area contributed by atoms with Crippen LogP contribution in [0, 0.1) is 0 Å². The Morgan fingerprint density at radius 3 is 2.62 bits per heavy atom. The van der Waals surface area contributed by atoms with E-state index in [4.69, 9.17) is 0 Å². The highest BCUT2D eigenvalue weighted by atomic mass is 16.2. The van der Waals surface area contributed by atoms with Gasteiger partial charge in [-0.15, -0.1) is 0 Å². The third kappa shape index (κ3) is 2.12. The number of hydrogen-bond acceptors (Lipinski definition) is 5. The standard InChI is InChI=1S/C17H23N5O2/c1-3-20-15(23)13-14(19(2)17(20)24)18-16-21(10-7-11-22(13)16)12-8-5-4-6-9-12/h4-6,8-9,13-14,16,18H,3,7,10-11H2,1-2H3. The summed E-state index contributed by atoms with van der Waals surface area (Å²) in [6, 6.07) is 9.68. The van der Waals surface area contributed by atoms with Crippen LogP contribution < -0.4 is 10.2 Å². The minimum atomic E-state index is -0.316. The molecule has 0 aromatic heterocycles. The predicted octanol–water partition coefficient (Wildman–Crippen LogP) is 0.694. The number of carbonyl (C=O) groups is 2. The van der Waals surface area contributed by atoms with Gasteiger partial charge >= 0.3 is 6.03 Å². The average molecular weight is 329 g/mol. The van der Waals surface area contributed by atoms with Crippen molar-refractivity contribution in [2.45, 2.75) is 31.8 Å². The fourth-order valence-electron chi connectivity index (χ4n) is 4.09. The lowest BCUT2D eigenvalue weighted by Gasteiger charge is -2.43. The van der Waals surface area contributed by atoms with Gasteiger partial charge in [0.1, 0.15) is 18.5 Å². The summed E-state index contributed by atoms with van der Waals surface area (Å²) in [6.45, 7) is 4.04. The smallest absolute Gasteiger partial charge is 0.327 e. The largest absolute Gasteiger partial charge is 0.343 e. The highest BCUT2D eigenvalue weighted by Gasteiger charge is 2.55. The van der Waals surface area contributed by atoms with E-state index >= 15 is 0 Å².